The molecule has 1 fully saturated rings. The molecule has 1 heterocycles. The van der Waals surface area contributed by atoms with Gasteiger partial charge in [0, 0.05) is 19.5 Å². The molecule has 0 aliphatic heterocycles. The molecule has 6 nitrogen and oxygen atoms in total. The van der Waals surface area contributed by atoms with Gasteiger partial charge in [0.25, 0.3) is 5.91 Å². The molecule has 1 saturated carbocycles. The second-order valence-corrected chi connectivity index (χ2v) is 6.62. The molecular weight excluding hydrogens is 305 g/mol. The lowest BCUT2D eigenvalue weighted by atomic mass is 10.1. The van der Waals surface area contributed by atoms with Crippen LogP contribution in [0.1, 0.15) is 19.0 Å². The topological polar surface area (TPSA) is 73.2 Å². The number of carbonyl (C=O) groups excluding carboxylic acids is 2. The zero-order chi connectivity index (χ0) is 15.1. The molecule has 1 unspecified atom stereocenters. The van der Waals surface area contributed by atoms with Crippen LogP contribution >= 0.6 is 23.2 Å². The predicted molar refractivity (Wildman–Crippen MR) is 74.7 cm³/mol. The van der Waals surface area contributed by atoms with Crippen molar-refractivity contribution in [3.8, 4) is 0 Å². The molecule has 0 saturated heterocycles. The molecule has 0 spiro atoms. The molecule has 1 aliphatic rings. The first-order valence-electron chi connectivity index (χ1n) is 6.01. The molecule has 20 heavy (non-hydrogen) atoms. The van der Waals surface area contributed by atoms with Gasteiger partial charge < -0.3 is 10.1 Å². The summed E-state index contributed by atoms with van der Waals surface area (Å²) in [6.07, 6.45) is 0.324. The highest BCUT2D eigenvalue weighted by molar-refractivity contribution is 6.53. The molecule has 1 aromatic heterocycles. The van der Waals surface area contributed by atoms with E-state index < -0.39 is 21.6 Å². The third-order valence-electron chi connectivity index (χ3n) is 3.31. The molecule has 1 atom stereocenters. The van der Waals surface area contributed by atoms with Crippen molar-refractivity contribution in [2.45, 2.75) is 24.6 Å². The van der Waals surface area contributed by atoms with Crippen molar-refractivity contribution in [1.29, 1.82) is 0 Å². The van der Waals surface area contributed by atoms with Crippen molar-refractivity contribution >= 4 is 40.9 Å². The molecule has 1 N–H and O–H groups in total. The fraction of sp³-hybridized carbons (Fsp3) is 0.583. The average molecular weight is 320 g/mol. The number of hydrogen-bond donors (Lipinski definition) is 1. The van der Waals surface area contributed by atoms with Gasteiger partial charge >= 0.3 is 5.97 Å². The third kappa shape index (κ3) is 2.76. The van der Waals surface area contributed by atoms with Crippen LogP contribution in [0.5, 0.6) is 0 Å². The van der Waals surface area contributed by atoms with Crippen LogP contribution in [0.25, 0.3) is 0 Å². The summed E-state index contributed by atoms with van der Waals surface area (Å²) in [6.45, 7) is 3.03. The number of esters is 1. The van der Waals surface area contributed by atoms with E-state index in [4.69, 9.17) is 27.9 Å². The lowest BCUT2D eigenvalue weighted by Gasteiger charge is -2.11. The largest absolute Gasteiger partial charge is 0.455 e. The normalized spacial score (nSPS) is 23.2. The summed E-state index contributed by atoms with van der Waals surface area (Å²) in [5.74, 6) is -0.482. The molecule has 8 heteroatoms. The molecule has 0 aromatic carbocycles. The summed E-state index contributed by atoms with van der Waals surface area (Å²) in [7, 11) is 1.70. The zero-order valence-corrected chi connectivity index (χ0v) is 12.9. The summed E-state index contributed by atoms with van der Waals surface area (Å²) in [4.78, 5) is 23.5. The second kappa shape index (κ2) is 4.93. The Morgan fingerprint density at radius 3 is 2.60 bits per heavy atom. The van der Waals surface area contributed by atoms with Crippen LogP contribution < -0.4 is 5.32 Å². The van der Waals surface area contributed by atoms with Crippen LogP contribution in [-0.4, -0.2) is 32.6 Å². The van der Waals surface area contributed by atoms with Crippen molar-refractivity contribution in [2.75, 3.05) is 11.9 Å². The van der Waals surface area contributed by atoms with E-state index in [0.717, 1.165) is 5.69 Å². The van der Waals surface area contributed by atoms with E-state index in [2.05, 4.69) is 10.4 Å². The third-order valence-corrected chi connectivity index (χ3v) is 4.41. The Bertz CT molecular complexity index is 570. The number of halogens is 2. The number of hydrogen-bond acceptors (Lipinski definition) is 4. The van der Waals surface area contributed by atoms with Gasteiger partial charge in [0.05, 0.1) is 5.69 Å². The van der Waals surface area contributed by atoms with Crippen molar-refractivity contribution in [1.82, 2.24) is 9.78 Å². The standard InChI is InChI=1S/C12H15Cl2N3O3/c1-7-4-8(17(3)16-7)15-9(18)5-20-10(19)11(2)6-12(11,13)14/h4H,5-6H2,1-3H3,(H,15,18). The van der Waals surface area contributed by atoms with E-state index in [0.29, 0.717) is 12.2 Å². The maximum Gasteiger partial charge on any atom is 0.315 e. The molecule has 1 aliphatic carbocycles. The van der Waals surface area contributed by atoms with Gasteiger partial charge in [-0.1, -0.05) is 0 Å². The summed E-state index contributed by atoms with van der Waals surface area (Å²) in [6, 6.07) is 1.71. The first kappa shape index (κ1) is 15.1. The number of aromatic nitrogens is 2. The maximum atomic E-state index is 11.8. The summed E-state index contributed by atoms with van der Waals surface area (Å²) < 4.78 is 5.37. The minimum atomic E-state index is -1.10. The monoisotopic (exact) mass is 319 g/mol. The van der Waals surface area contributed by atoms with Gasteiger partial charge in [-0.05, 0) is 13.8 Å². The van der Waals surface area contributed by atoms with Crippen LogP contribution in [0.4, 0.5) is 5.82 Å². The lowest BCUT2D eigenvalue weighted by Crippen LogP contribution is -2.27. The van der Waals surface area contributed by atoms with Crippen LogP contribution in [0.2, 0.25) is 0 Å². The fourth-order valence-corrected chi connectivity index (χ4v) is 2.51. The zero-order valence-electron chi connectivity index (χ0n) is 11.4. The smallest absolute Gasteiger partial charge is 0.315 e. The highest BCUT2D eigenvalue weighted by atomic mass is 35.5. The minimum absolute atomic E-state index is 0.324. The van der Waals surface area contributed by atoms with E-state index in [1.807, 2.05) is 6.92 Å². The molecule has 0 radical (unpaired) electrons. The number of aryl methyl sites for hydroxylation is 2. The Kier molecular flexibility index (Phi) is 3.73. The van der Waals surface area contributed by atoms with E-state index in [1.165, 1.54) is 4.68 Å². The minimum Gasteiger partial charge on any atom is -0.455 e. The predicted octanol–water partition coefficient (Wildman–Crippen LogP) is 1.79. The Balaban J connectivity index is 1.85. The Hall–Kier alpha value is -1.27. The van der Waals surface area contributed by atoms with Crippen molar-refractivity contribution in [2.24, 2.45) is 12.5 Å². The van der Waals surface area contributed by atoms with E-state index in [9.17, 15) is 9.59 Å². The van der Waals surface area contributed by atoms with E-state index in [1.54, 1.807) is 20.0 Å². The molecule has 0 bridgehead atoms. The number of alkyl halides is 2. The van der Waals surface area contributed by atoms with Crippen LogP contribution in [0, 0.1) is 12.3 Å². The van der Waals surface area contributed by atoms with E-state index in [-0.39, 0.29) is 6.61 Å². The fourth-order valence-electron chi connectivity index (χ4n) is 1.82. The Morgan fingerprint density at radius 1 is 1.55 bits per heavy atom. The number of nitrogens with one attached hydrogen (secondary N) is 1. The van der Waals surface area contributed by atoms with Gasteiger partial charge in [-0.25, -0.2) is 0 Å². The highest BCUT2D eigenvalue weighted by Crippen LogP contribution is 2.64. The SMILES string of the molecule is Cc1cc(NC(=O)COC(=O)C2(C)CC2(Cl)Cl)n(C)n1. The summed E-state index contributed by atoms with van der Waals surface area (Å²) in [5, 5.41) is 6.68. The second-order valence-electron chi connectivity index (χ2n) is 5.13. The lowest BCUT2D eigenvalue weighted by molar-refractivity contribution is -0.152. The van der Waals surface area contributed by atoms with Gasteiger partial charge in [-0.15, -0.1) is 23.2 Å². The van der Waals surface area contributed by atoms with Crippen LogP contribution in [0.3, 0.4) is 0 Å². The van der Waals surface area contributed by atoms with Gasteiger partial charge in [0.2, 0.25) is 0 Å². The average Bonchev–Trinajstić information content (AvgIpc) is 2.68. The number of anilines is 1. The molecule has 1 amide bonds. The number of carbonyl (C=O) groups is 2. The first-order valence-corrected chi connectivity index (χ1v) is 6.77. The molecular formula is C12H15Cl2N3O3. The molecule has 1 aromatic rings. The van der Waals surface area contributed by atoms with Gasteiger partial charge in [-0.2, -0.15) is 5.10 Å². The molecule has 2 rings (SSSR count). The highest BCUT2D eigenvalue weighted by Gasteiger charge is 2.69. The number of amides is 1. The van der Waals surface area contributed by atoms with Crippen molar-refractivity contribution in [3.05, 3.63) is 11.8 Å². The molecule has 110 valence electrons. The van der Waals surface area contributed by atoms with Crippen LogP contribution in [-0.2, 0) is 21.4 Å². The number of nitrogens with zero attached hydrogens (tertiary/aromatic N) is 2. The first-order chi connectivity index (χ1) is 9.15. The summed E-state index contributed by atoms with van der Waals surface area (Å²) in [5.41, 5.74) is -0.154. The van der Waals surface area contributed by atoms with Gasteiger partial charge in [0.15, 0.2) is 6.61 Å². The quantitative estimate of drug-likeness (QED) is 0.678. The van der Waals surface area contributed by atoms with Gasteiger partial charge in [0.1, 0.15) is 15.6 Å². The maximum absolute atomic E-state index is 11.8. The van der Waals surface area contributed by atoms with Crippen LogP contribution in [0.15, 0.2) is 6.07 Å². The summed E-state index contributed by atoms with van der Waals surface area (Å²) >= 11 is 11.7. The van der Waals surface area contributed by atoms with Crippen molar-refractivity contribution in [3.63, 3.8) is 0 Å². The Morgan fingerprint density at radius 2 is 2.15 bits per heavy atom. The number of ether oxygens (including phenoxy) is 1. The van der Waals surface area contributed by atoms with Crippen molar-refractivity contribution < 1.29 is 14.3 Å². The van der Waals surface area contributed by atoms with Gasteiger partial charge in [-0.3, -0.25) is 14.3 Å². The van der Waals surface area contributed by atoms with E-state index >= 15 is 0 Å². The number of rotatable bonds is 4. The Labute approximate surface area is 126 Å².